The molecule has 22 heavy (non-hydrogen) atoms. The van der Waals surface area contributed by atoms with Crippen LogP contribution in [0.3, 0.4) is 0 Å². The van der Waals surface area contributed by atoms with E-state index in [9.17, 15) is 8.42 Å². The molecule has 1 aromatic carbocycles. The largest absolute Gasteiger partial charge is 0.492 e. The van der Waals surface area contributed by atoms with Gasteiger partial charge in [-0.15, -0.1) is 0 Å². The molecule has 122 valence electrons. The first-order valence-electron chi connectivity index (χ1n) is 7.92. The second-order valence-electron chi connectivity index (χ2n) is 6.26. The molecule has 1 aromatic rings. The number of piperidine rings is 1. The third kappa shape index (κ3) is 3.62. The lowest BCUT2D eigenvalue weighted by atomic mass is 9.92. The lowest BCUT2D eigenvalue weighted by Gasteiger charge is -2.36. The van der Waals surface area contributed by atoms with Crippen molar-refractivity contribution in [1.29, 1.82) is 0 Å². The zero-order valence-corrected chi connectivity index (χ0v) is 13.8. The summed E-state index contributed by atoms with van der Waals surface area (Å²) in [4.78, 5) is 2.82. The van der Waals surface area contributed by atoms with Crippen LogP contribution in [0.1, 0.15) is 12.8 Å². The lowest BCUT2D eigenvalue weighted by molar-refractivity contribution is 0.105. The van der Waals surface area contributed by atoms with Crippen LogP contribution in [0.5, 0.6) is 5.75 Å². The summed E-state index contributed by atoms with van der Waals surface area (Å²) in [6.07, 6.45) is 3.80. The Morgan fingerprint density at radius 1 is 1.36 bits per heavy atom. The number of rotatable bonds is 5. The summed E-state index contributed by atoms with van der Waals surface area (Å²) >= 11 is 0. The highest BCUT2D eigenvalue weighted by molar-refractivity contribution is 7.90. The van der Waals surface area contributed by atoms with Crippen LogP contribution in [-0.4, -0.2) is 58.4 Å². The number of likely N-dealkylation sites (tertiary alicyclic amines) is 1. The molecule has 2 aliphatic heterocycles. The van der Waals surface area contributed by atoms with Crippen LogP contribution in [0.25, 0.3) is 0 Å². The fourth-order valence-electron chi connectivity index (χ4n) is 3.52. The normalized spacial score (nSPS) is 25.9. The Labute approximate surface area is 132 Å². The number of nitrogens with zero attached hydrogens (tertiary/aromatic N) is 1. The zero-order chi connectivity index (χ0) is 15.6. The first-order valence-corrected chi connectivity index (χ1v) is 9.81. The second-order valence-corrected chi connectivity index (χ2v) is 8.28. The van der Waals surface area contributed by atoms with Gasteiger partial charge in [0.2, 0.25) is 0 Å². The molecule has 2 fully saturated rings. The monoisotopic (exact) mass is 324 g/mol. The van der Waals surface area contributed by atoms with Gasteiger partial charge in [-0.3, -0.25) is 4.90 Å². The Bertz CT molecular complexity index is 618. The van der Waals surface area contributed by atoms with Gasteiger partial charge in [0.1, 0.15) is 12.4 Å². The number of benzene rings is 1. The average molecular weight is 324 g/mol. The highest BCUT2D eigenvalue weighted by atomic mass is 32.2. The van der Waals surface area contributed by atoms with Crippen LogP contribution >= 0.6 is 0 Å². The summed E-state index contributed by atoms with van der Waals surface area (Å²) in [5.74, 6) is 1.41. The number of sulfone groups is 1. The van der Waals surface area contributed by atoms with Crippen molar-refractivity contribution in [2.75, 3.05) is 39.0 Å². The Kier molecular flexibility index (Phi) is 4.70. The molecule has 2 atom stereocenters. The maximum atomic E-state index is 11.6. The first-order chi connectivity index (χ1) is 10.5. The quantitative estimate of drug-likeness (QED) is 0.880. The summed E-state index contributed by atoms with van der Waals surface area (Å²) < 4.78 is 28.9. The summed E-state index contributed by atoms with van der Waals surface area (Å²) in [5.41, 5.74) is 0. The SMILES string of the molecule is CS(=O)(=O)c1cccc(OCCN2CCC[C@H]3CNC[C@H]32)c1. The first kappa shape index (κ1) is 15.8. The van der Waals surface area contributed by atoms with E-state index in [-0.39, 0.29) is 0 Å². The molecule has 3 rings (SSSR count). The molecule has 0 radical (unpaired) electrons. The van der Waals surface area contributed by atoms with E-state index in [4.69, 9.17) is 4.74 Å². The molecule has 0 saturated carbocycles. The standard InChI is InChI=1S/C16H24N2O3S/c1-22(19,20)15-6-2-5-14(10-15)21-9-8-18-7-3-4-13-11-17-12-16(13)18/h2,5-6,10,13,16-17H,3-4,7-9,11-12H2,1H3/t13-,16+/m0/s1. The molecule has 1 N–H and O–H groups in total. The Hall–Kier alpha value is -1.11. The number of ether oxygens (including phenoxy) is 1. The molecular weight excluding hydrogens is 300 g/mol. The smallest absolute Gasteiger partial charge is 0.175 e. The molecule has 0 aliphatic carbocycles. The van der Waals surface area contributed by atoms with E-state index in [0.29, 0.717) is 23.3 Å². The molecule has 0 spiro atoms. The predicted octanol–water partition coefficient (Wildman–Crippen LogP) is 1.15. The average Bonchev–Trinajstić information content (AvgIpc) is 2.96. The minimum atomic E-state index is -3.18. The minimum Gasteiger partial charge on any atom is -0.492 e. The summed E-state index contributed by atoms with van der Waals surface area (Å²) in [7, 11) is -3.18. The van der Waals surface area contributed by atoms with Gasteiger partial charge in [-0.2, -0.15) is 0 Å². The van der Waals surface area contributed by atoms with Crippen molar-refractivity contribution in [3.05, 3.63) is 24.3 Å². The van der Waals surface area contributed by atoms with Crippen LogP contribution in [0.15, 0.2) is 29.2 Å². The molecule has 0 unspecified atom stereocenters. The summed E-state index contributed by atoms with van der Waals surface area (Å²) in [6, 6.07) is 7.38. The van der Waals surface area contributed by atoms with Gasteiger partial charge in [-0.1, -0.05) is 6.07 Å². The van der Waals surface area contributed by atoms with E-state index in [1.807, 2.05) is 6.07 Å². The van der Waals surface area contributed by atoms with Gasteiger partial charge in [0.25, 0.3) is 0 Å². The van der Waals surface area contributed by atoms with Gasteiger partial charge in [0.15, 0.2) is 9.84 Å². The lowest BCUT2D eigenvalue weighted by Crippen LogP contribution is -2.46. The van der Waals surface area contributed by atoms with Gasteiger partial charge in [-0.05, 0) is 50.0 Å². The van der Waals surface area contributed by atoms with Crippen LogP contribution in [-0.2, 0) is 9.84 Å². The van der Waals surface area contributed by atoms with E-state index in [0.717, 1.165) is 32.1 Å². The fourth-order valence-corrected chi connectivity index (χ4v) is 4.17. The number of fused-ring (bicyclic) bond motifs is 1. The van der Waals surface area contributed by atoms with E-state index in [2.05, 4.69) is 10.2 Å². The second kappa shape index (κ2) is 6.56. The maximum Gasteiger partial charge on any atom is 0.175 e. The third-order valence-electron chi connectivity index (χ3n) is 4.67. The van der Waals surface area contributed by atoms with Crippen molar-refractivity contribution < 1.29 is 13.2 Å². The molecule has 6 heteroatoms. The zero-order valence-electron chi connectivity index (χ0n) is 13.0. The third-order valence-corrected chi connectivity index (χ3v) is 5.78. The van der Waals surface area contributed by atoms with Gasteiger partial charge in [-0.25, -0.2) is 8.42 Å². The van der Waals surface area contributed by atoms with Crippen molar-refractivity contribution in [2.24, 2.45) is 5.92 Å². The van der Waals surface area contributed by atoms with Crippen LogP contribution in [0, 0.1) is 5.92 Å². The van der Waals surface area contributed by atoms with E-state index in [1.165, 1.54) is 19.1 Å². The van der Waals surface area contributed by atoms with Crippen LogP contribution < -0.4 is 10.1 Å². The molecule has 2 aliphatic rings. The van der Waals surface area contributed by atoms with Crippen molar-refractivity contribution >= 4 is 9.84 Å². The van der Waals surface area contributed by atoms with Crippen molar-refractivity contribution in [2.45, 2.75) is 23.8 Å². The van der Waals surface area contributed by atoms with Crippen molar-refractivity contribution in [3.63, 3.8) is 0 Å². The highest BCUT2D eigenvalue weighted by Crippen LogP contribution is 2.26. The molecule has 0 amide bonds. The topological polar surface area (TPSA) is 58.6 Å². The maximum absolute atomic E-state index is 11.6. The van der Waals surface area contributed by atoms with Crippen LogP contribution in [0.4, 0.5) is 0 Å². The highest BCUT2D eigenvalue weighted by Gasteiger charge is 2.34. The predicted molar refractivity (Wildman–Crippen MR) is 86.0 cm³/mol. The van der Waals surface area contributed by atoms with Crippen molar-refractivity contribution in [3.8, 4) is 5.75 Å². The van der Waals surface area contributed by atoms with Gasteiger partial charge in [0.05, 0.1) is 4.90 Å². The molecule has 2 heterocycles. The van der Waals surface area contributed by atoms with E-state index >= 15 is 0 Å². The molecular formula is C16H24N2O3S. The van der Waals surface area contributed by atoms with E-state index < -0.39 is 9.84 Å². The Balaban J connectivity index is 1.55. The van der Waals surface area contributed by atoms with Crippen molar-refractivity contribution in [1.82, 2.24) is 10.2 Å². The van der Waals surface area contributed by atoms with E-state index in [1.54, 1.807) is 18.2 Å². The Morgan fingerprint density at radius 3 is 3.05 bits per heavy atom. The molecule has 5 nitrogen and oxygen atoms in total. The minimum absolute atomic E-state index is 0.308. The number of hydrogen-bond donors (Lipinski definition) is 1. The summed E-state index contributed by atoms with van der Waals surface area (Å²) in [6.45, 7) is 4.84. The number of hydrogen-bond acceptors (Lipinski definition) is 5. The van der Waals surface area contributed by atoms with Crippen LogP contribution in [0.2, 0.25) is 0 Å². The Morgan fingerprint density at radius 2 is 2.23 bits per heavy atom. The molecule has 2 saturated heterocycles. The number of nitrogens with one attached hydrogen (secondary N) is 1. The molecule has 0 aromatic heterocycles. The van der Waals surface area contributed by atoms with Gasteiger partial charge >= 0.3 is 0 Å². The van der Waals surface area contributed by atoms with Gasteiger partial charge in [0, 0.05) is 25.4 Å². The molecule has 0 bridgehead atoms. The fraction of sp³-hybridized carbons (Fsp3) is 0.625. The summed E-state index contributed by atoms with van der Waals surface area (Å²) in [5, 5.41) is 3.48. The van der Waals surface area contributed by atoms with Gasteiger partial charge < -0.3 is 10.1 Å².